The Balaban J connectivity index is 1.56. The molecular weight excluding hydrogens is 262 g/mol. The molecule has 0 aliphatic carbocycles. The largest absolute Gasteiger partial charge is 0.494 e. The van der Waals surface area contributed by atoms with E-state index in [1.54, 1.807) is 0 Å². The molecule has 1 fully saturated rings. The topological polar surface area (TPSA) is 41.7 Å². The highest BCUT2D eigenvalue weighted by Crippen LogP contribution is 2.18. The lowest BCUT2D eigenvalue weighted by molar-refractivity contribution is 0.153. The van der Waals surface area contributed by atoms with Crippen molar-refractivity contribution in [2.45, 2.75) is 19.3 Å². The molecule has 0 saturated carbocycles. The average Bonchev–Trinajstić information content (AvgIpc) is 2.46. The number of likely N-dealkylation sites (tertiary alicyclic amines) is 1. The molecule has 4 heteroatoms. The lowest BCUT2D eigenvalue weighted by Crippen LogP contribution is -2.37. The van der Waals surface area contributed by atoms with E-state index in [4.69, 9.17) is 10.5 Å². The minimum atomic E-state index is 0.779. The Labute approximate surface area is 128 Å². The van der Waals surface area contributed by atoms with Crippen molar-refractivity contribution in [3.8, 4) is 5.75 Å². The third-order valence-corrected chi connectivity index (χ3v) is 4.10. The third-order valence-electron chi connectivity index (χ3n) is 4.10. The highest BCUT2D eigenvalue weighted by Gasteiger charge is 2.19. The summed E-state index contributed by atoms with van der Waals surface area (Å²) in [6.07, 6.45) is 3.75. The molecule has 0 unspecified atom stereocenters. The van der Waals surface area contributed by atoms with Crippen molar-refractivity contribution < 1.29 is 4.74 Å². The van der Waals surface area contributed by atoms with Crippen LogP contribution in [0.2, 0.25) is 0 Å². The lowest BCUT2D eigenvalue weighted by Gasteiger charge is -2.33. The van der Waals surface area contributed by atoms with Gasteiger partial charge >= 0.3 is 0 Å². The summed E-state index contributed by atoms with van der Waals surface area (Å²) >= 11 is 0. The minimum Gasteiger partial charge on any atom is -0.494 e. The molecule has 0 aromatic heterocycles. The van der Waals surface area contributed by atoms with Gasteiger partial charge in [-0.25, -0.2) is 0 Å². The smallest absolute Gasteiger partial charge is 0.119 e. The van der Waals surface area contributed by atoms with Gasteiger partial charge in [-0.05, 0) is 76.6 Å². The molecule has 1 aromatic carbocycles. The predicted octanol–water partition coefficient (Wildman–Crippen LogP) is 2.31. The summed E-state index contributed by atoms with van der Waals surface area (Å²) in [6, 6.07) is 7.62. The molecule has 21 heavy (non-hydrogen) atoms. The van der Waals surface area contributed by atoms with Crippen LogP contribution in [-0.2, 0) is 0 Å². The number of hydrogen-bond donors (Lipinski definition) is 1. The van der Waals surface area contributed by atoms with Crippen LogP contribution in [0.15, 0.2) is 24.3 Å². The first-order valence-electron chi connectivity index (χ1n) is 7.99. The Hall–Kier alpha value is -1.26. The normalized spacial score (nSPS) is 17.3. The van der Waals surface area contributed by atoms with Crippen molar-refractivity contribution >= 4 is 5.69 Å². The van der Waals surface area contributed by atoms with Gasteiger partial charge in [0.1, 0.15) is 5.75 Å². The van der Waals surface area contributed by atoms with Crippen molar-refractivity contribution in [2.24, 2.45) is 5.92 Å². The Bertz CT molecular complexity index is 397. The van der Waals surface area contributed by atoms with Crippen molar-refractivity contribution in [1.29, 1.82) is 0 Å². The zero-order valence-corrected chi connectivity index (χ0v) is 13.4. The zero-order chi connectivity index (χ0) is 15.1. The maximum atomic E-state index is 5.74. The molecule has 1 saturated heterocycles. The van der Waals surface area contributed by atoms with Gasteiger partial charge in [0.05, 0.1) is 6.61 Å². The molecule has 2 rings (SSSR count). The van der Waals surface area contributed by atoms with E-state index in [-0.39, 0.29) is 0 Å². The van der Waals surface area contributed by atoms with Gasteiger partial charge in [0, 0.05) is 18.8 Å². The summed E-state index contributed by atoms with van der Waals surface area (Å²) in [6.45, 7) is 5.63. The lowest BCUT2D eigenvalue weighted by atomic mass is 9.96. The fourth-order valence-corrected chi connectivity index (χ4v) is 2.95. The van der Waals surface area contributed by atoms with Crippen LogP contribution in [-0.4, -0.2) is 56.7 Å². The van der Waals surface area contributed by atoms with E-state index < -0.39 is 0 Å². The summed E-state index contributed by atoms with van der Waals surface area (Å²) < 4.78 is 5.74. The maximum Gasteiger partial charge on any atom is 0.119 e. The van der Waals surface area contributed by atoms with Crippen LogP contribution in [0.4, 0.5) is 5.69 Å². The molecule has 0 bridgehead atoms. The van der Waals surface area contributed by atoms with E-state index in [0.717, 1.165) is 36.9 Å². The average molecular weight is 291 g/mol. The van der Waals surface area contributed by atoms with Crippen LogP contribution in [0.3, 0.4) is 0 Å². The number of nitrogens with two attached hydrogens (primary N) is 1. The Morgan fingerprint density at radius 2 is 1.86 bits per heavy atom. The molecule has 4 nitrogen and oxygen atoms in total. The van der Waals surface area contributed by atoms with Gasteiger partial charge in [0.25, 0.3) is 0 Å². The standard InChI is InChI=1S/C17H29N3O/c1-19(2)14-15-8-11-20(12-9-15)10-3-13-21-17-6-4-16(18)5-7-17/h4-7,15H,3,8-14,18H2,1-2H3. The SMILES string of the molecule is CN(C)CC1CCN(CCCOc2ccc(N)cc2)CC1. The number of nitrogen functional groups attached to an aromatic ring is 1. The fraction of sp³-hybridized carbons (Fsp3) is 0.647. The van der Waals surface area contributed by atoms with Gasteiger partial charge in [-0.2, -0.15) is 0 Å². The quantitative estimate of drug-likeness (QED) is 0.618. The van der Waals surface area contributed by atoms with E-state index in [2.05, 4.69) is 23.9 Å². The number of rotatable bonds is 7. The first-order valence-corrected chi connectivity index (χ1v) is 7.99. The van der Waals surface area contributed by atoms with E-state index in [1.807, 2.05) is 24.3 Å². The predicted molar refractivity (Wildman–Crippen MR) is 88.7 cm³/mol. The van der Waals surface area contributed by atoms with E-state index in [1.165, 1.54) is 32.5 Å². The van der Waals surface area contributed by atoms with Crippen LogP contribution in [0.25, 0.3) is 0 Å². The molecule has 0 atom stereocenters. The van der Waals surface area contributed by atoms with Gasteiger partial charge in [-0.3, -0.25) is 0 Å². The molecule has 1 heterocycles. The summed E-state index contributed by atoms with van der Waals surface area (Å²) in [5.41, 5.74) is 6.44. The number of nitrogens with zero attached hydrogens (tertiary/aromatic N) is 2. The van der Waals surface area contributed by atoms with E-state index in [0.29, 0.717) is 0 Å². The van der Waals surface area contributed by atoms with Gasteiger partial charge in [-0.1, -0.05) is 0 Å². The molecular formula is C17H29N3O. The van der Waals surface area contributed by atoms with Crippen molar-refractivity contribution in [2.75, 3.05) is 52.6 Å². The van der Waals surface area contributed by atoms with Gasteiger partial charge in [-0.15, -0.1) is 0 Å². The summed E-state index contributed by atoms with van der Waals surface area (Å²) in [5.74, 6) is 1.79. The second-order valence-electron chi connectivity index (χ2n) is 6.32. The third kappa shape index (κ3) is 5.94. The first kappa shape index (κ1) is 16.1. The van der Waals surface area contributed by atoms with E-state index in [9.17, 15) is 0 Å². The molecule has 0 spiro atoms. The van der Waals surface area contributed by atoms with Crippen molar-refractivity contribution in [3.63, 3.8) is 0 Å². The molecule has 1 aliphatic rings. The Kier molecular flexibility index (Phi) is 6.33. The van der Waals surface area contributed by atoms with Crippen LogP contribution in [0, 0.1) is 5.92 Å². The molecule has 1 aliphatic heterocycles. The Morgan fingerprint density at radius 3 is 2.48 bits per heavy atom. The highest BCUT2D eigenvalue weighted by atomic mass is 16.5. The zero-order valence-electron chi connectivity index (χ0n) is 13.4. The molecule has 2 N–H and O–H groups in total. The van der Waals surface area contributed by atoms with Crippen molar-refractivity contribution in [3.05, 3.63) is 24.3 Å². The number of anilines is 1. The minimum absolute atomic E-state index is 0.779. The number of ether oxygens (including phenoxy) is 1. The van der Waals surface area contributed by atoms with E-state index >= 15 is 0 Å². The monoisotopic (exact) mass is 291 g/mol. The first-order chi connectivity index (χ1) is 10.1. The molecule has 118 valence electrons. The second-order valence-corrected chi connectivity index (χ2v) is 6.32. The van der Waals surface area contributed by atoms with Crippen molar-refractivity contribution in [1.82, 2.24) is 9.80 Å². The van der Waals surface area contributed by atoms with Crippen LogP contribution in [0.1, 0.15) is 19.3 Å². The molecule has 0 radical (unpaired) electrons. The molecule has 0 amide bonds. The van der Waals surface area contributed by atoms with Crippen LogP contribution < -0.4 is 10.5 Å². The van der Waals surface area contributed by atoms with Gasteiger partial charge < -0.3 is 20.3 Å². The maximum absolute atomic E-state index is 5.74. The number of benzene rings is 1. The summed E-state index contributed by atoms with van der Waals surface area (Å²) in [7, 11) is 4.34. The summed E-state index contributed by atoms with van der Waals surface area (Å²) in [5, 5.41) is 0. The Morgan fingerprint density at radius 1 is 1.19 bits per heavy atom. The van der Waals surface area contributed by atoms with Crippen LogP contribution in [0.5, 0.6) is 5.75 Å². The van der Waals surface area contributed by atoms with Gasteiger partial charge in [0.15, 0.2) is 0 Å². The second kappa shape index (κ2) is 8.25. The summed E-state index contributed by atoms with van der Waals surface area (Å²) in [4.78, 5) is 4.87. The number of hydrogen-bond acceptors (Lipinski definition) is 4. The highest BCUT2D eigenvalue weighted by molar-refractivity contribution is 5.41. The van der Waals surface area contributed by atoms with Gasteiger partial charge in [0.2, 0.25) is 0 Å². The van der Waals surface area contributed by atoms with Crippen LogP contribution >= 0.6 is 0 Å². The fourth-order valence-electron chi connectivity index (χ4n) is 2.95. The number of piperidine rings is 1. The molecule has 1 aromatic rings.